The summed E-state index contributed by atoms with van der Waals surface area (Å²) in [5, 5.41) is 14.1. The van der Waals surface area contributed by atoms with E-state index in [0.29, 0.717) is 28.3 Å². The summed E-state index contributed by atoms with van der Waals surface area (Å²) in [4.78, 5) is 0. The molecule has 3 rings (SSSR count). The molecule has 0 N–H and O–H groups in total. The van der Waals surface area contributed by atoms with Crippen molar-refractivity contribution in [3.05, 3.63) is 75.2 Å². The highest BCUT2D eigenvalue weighted by Gasteiger charge is 2.15. The highest BCUT2D eigenvalue weighted by Crippen LogP contribution is 2.29. The van der Waals surface area contributed by atoms with E-state index in [1.807, 2.05) is 39.8 Å². The quantitative estimate of drug-likeness (QED) is 0.510. The molecule has 0 atom stereocenters. The van der Waals surface area contributed by atoms with Crippen molar-refractivity contribution in [2.24, 2.45) is 5.92 Å². The second-order valence-electron chi connectivity index (χ2n) is 7.25. The van der Waals surface area contributed by atoms with Crippen molar-refractivity contribution >= 4 is 11.6 Å². The van der Waals surface area contributed by atoms with E-state index in [9.17, 15) is 4.39 Å². The molecule has 0 aliphatic heterocycles. The molecule has 3 nitrogen and oxygen atoms in total. The van der Waals surface area contributed by atoms with Crippen LogP contribution in [-0.2, 0) is 6.54 Å². The zero-order valence-electron chi connectivity index (χ0n) is 16.8. The fourth-order valence-electron chi connectivity index (χ4n) is 2.96. The molecule has 0 saturated carbocycles. The second-order valence-corrected chi connectivity index (χ2v) is 7.66. The Bertz CT molecular complexity index is 1170. The van der Waals surface area contributed by atoms with Gasteiger partial charge in [0.05, 0.1) is 22.8 Å². The van der Waals surface area contributed by atoms with Gasteiger partial charge in [-0.3, -0.25) is 4.68 Å². The maximum Gasteiger partial charge on any atom is 0.129 e. The number of nitrogens with zero attached hydrogens (tertiary/aromatic N) is 3. The van der Waals surface area contributed by atoms with Crippen molar-refractivity contribution < 1.29 is 4.39 Å². The van der Waals surface area contributed by atoms with Crippen molar-refractivity contribution in [3.8, 4) is 29.2 Å². The predicted octanol–water partition coefficient (Wildman–Crippen LogP) is 5.89. The van der Waals surface area contributed by atoms with Gasteiger partial charge in [-0.2, -0.15) is 10.4 Å². The molecule has 1 aromatic heterocycles. The summed E-state index contributed by atoms with van der Waals surface area (Å²) in [7, 11) is 0. The first-order valence-electron chi connectivity index (χ1n) is 9.34. The lowest BCUT2D eigenvalue weighted by atomic mass is 10.1. The van der Waals surface area contributed by atoms with E-state index in [2.05, 4.69) is 23.0 Å². The standard InChI is InChI=1S/C24H21ClFN3/c1-15(2)5-6-18-7-8-21(23(26)11-18)14-29-17(4)16(3)24(28-29)19-9-10-20(13-27)22(25)12-19/h7-12,15H,14H2,1-4H3. The smallest absolute Gasteiger partial charge is 0.129 e. The summed E-state index contributed by atoms with van der Waals surface area (Å²) in [6, 6.07) is 12.4. The Morgan fingerprint density at radius 1 is 1.17 bits per heavy atom. The third-order valence-corrected chi connectivity index (χ3v) is 5.06. The van der Waals surface area contributed by atoms with Gasteiger partial charge >= 0.3 is 0 Å². The Balaban J connectivity index is 1.92. The molecule has 0 radical (unpaired) electrons. The number of nitriles is 1. The molecule has 5 heteroatoms. The maximum absolute atomic E-state index is 14.6. The Kier molecular flexibility index (Phi) is 6.06. The van der Waals surface area contributed by atoms with Crippen molar-refractivity contribution in [2.45, 2.75) is 34.2 Å². The van der Waals surface area contributed by atoms with Crippen molar-refractivity contribution in [2.75, 3.05) is 0 Å². The van der Waals surface area contributed by atoms with Gasteiger partial charge in [0.25, 0.3) is 0 Å². The van der Waals surface area contributed by atoms with E-state index in [-0.39, 0.29) is 11.7 Å². The van der Waals surface area contributed by atoms with Crippen molar-refractivity contribution in [1.29, 1.82) is 5.26 Å². The minimum Gasteiger partial charge on any atom is -0.264 e. The van der Waals surface area contributed by atoms with Crippen LogP contribution in [0.2, 0.25) is 5.02 Å². The van der Waals surface area contributed by atoms with Gasteiger partial charge in [-0.25, -0.2) is 4.39 Å². The van der Waals surface area contributed by atoms with Gasteiger partial charge in [0.15, 0.2) is 0 Å². The van der Waals surface area contributed by atoms with Crippen LogP contribution in [0.5, 0.6) is 0 Å². The van der Waals surface area contributed by atoms with E-state index in [1.165, 1.54) is 6.07 Å². The van der Waals surface area contributed by atoms with Crippen LogP contribution in [0.3, 0.4) is 0 Å². The summed E-state index contributed by atoms with van der Waals surface area (Å²) >= 11 is 6.17. The molecule has 3 aromatic rings. The Morgan fingerprint density at radius 2 is 1.93 bits per heavy atom. The van der Waals surface area contributed by atoms with Crippen molar-refractivity contribution in [1.82, 2.24) is 9.78 Å². The number of halogens is 2. The Labute approximate surface area is 175 Å². The van der Waals surface area contributed by atoms with Gasteiger partial charge in [-0.1, -0.05) is 49.4 Å². The van der Waals surface area contributed by atoms with Gasteiger partial charge in [0, 0.05) is 28.3 Å². The second kappa shape index (κ2) is 8.52. The van der Waals surface area contributed by atoms with Crippen LogP contribution in [0.25, 0.3) is 11.3 Å². The summed E-state index contributed by atoms with van der Waals surface area (Å²) in [6.07, 6.45) is 0. The molecule has 0 unspecified atom stereocenters. The van der Waals surface area contributed by atoms with Gasteiger partial charge < -0.3 is 0 Å². The molecule has 146 valence electrons. The number of rotatable bonds is 3. The summed E-state index contributed by atoms with van der Waals surface area (Å²) < 4.78 is 16.4. The molecule has 29 heavy (non-hydrogen) atoms. The minimum absolute atomic E-state index is 0.238. The normalized spacial score (nSPS) is 10.6. The first-order valence-corrected chi connectivity index (χ1v) is 9.72. The van der Waals surface area contributed by atoms with Gasteiger partial charge in [0.1, 0.15) is 11.9 Å². The molecule has 0 spiro atoms. The molecule has 0 fully saturated rings. The lowest BCUT2D eigenvalue weighted by molar-refractivity contribution is 0.580. The average molecular weight is 406 g/mol. The molecule has 0 bridgehead atoms. The molecule has 0 aliphatic rings. The van der Waals surface area contributed by atoms with Crippen LogP contribution in [0.4, 0.5) is 4.39 Å². The maximum atomic E-state index is 14.6. The minimum atomic E-state index is -0.295. The predicted molar refractivity (Wildman–Crippen MR) is 114 cm³/mol. The first-order chi connectivity index (χ1) is 13.8. The summed E-state index contributed by atoms with van der Waals surface area (Å²) in [5.41, 5.74) is 5.18. The molecule has 0 saturated heterocycles. The van der Waals surface area contributed by atoms with Crippen LogP contribution in [0, 0.1) is 48.8 Å². The lowest BCUT2D eigenvalue weighted by Gasteiger charge is -2.07. The SMILES string of the molecule is Cc1c(-c2ccc(C#N)c(Cl)c2)nn(Cc2ccc(C#CC(C)C)cc2F)c1C. The Morgan fingerprint density at radius 3 is 2.55 bits per heavy atom. The van der Waals surface area contributed by atoms with E-state index in [4.69, 9.17) is 16.9 Å². The number of aromatic nitrogens is 2. The van der Waals surface area contributed by atoms with Gasteiger partial charge in [0.2, 0.25) is 0 Å². The molecule has 2 aromatic carbocycles. The summed E-state index contributed by atoms with van der Waals surface area (Å²) in [6.45, 7) is 8.25. The molecular weight excluding hydrogens is 385 g/mol. The number of hydrogen-bond donors (Lipinski definition) is 0. The van der Waals surface area contributed by atoms with E-state index < -0.39 is 0 Å². The molecule has 0 amide bonds. The lowest BCUT2D eigenvalue weighted by Crippen LogP contribution is -2.06. The molecular formula is C24H21ClFN3. The number of benzene rings is 2. The first kappa shape index (κ1) is 20.6. The fraction of sp³-hybridized carbons (Fsp3) is 0.250. The van der Waals surface area contributed by atoms with E-state index in [1.54, 1.807) is 22.9 Å². The van der Waals surface area contributed by atoms with Crippen LogP contribution in [-0.4, -0.2) is 9.78 Å². The van der Waals surface area contributed by atoms with E-state index in [0.717, 1.165) is 22.5 Å². The highest BCUT2D eigenvalue weighted by atomic mass is 35.5. The Hall–Kier alpha value is -3.08. The van der Waals surface area contributed by atoms with Crippen molar-refractivity contribution in [3.63, 3.8) is 0 Å². The monoisotopic (exact) mass is 405 g/mol. The topological polar surface area (TPSA) is 41.6 Å². The van der Waals surface area contributed by atoms with Crippen LogP contribution >= 0.6 is 11.6 Å². The van der Waals surface area contributed by atoms with Crippen LogP contribution in [0.15, 0.2) is 36.4 Å². The highest BCUT2D eigenvalue weighted by molar-refractivity contribution is 6.32. The zero-order chi connectivity index (χ0) is 21.1. The van der Waals surface area contributed by atoms with Crippen LogP contribution < -0.4 is 0 Å². The van der Waals surface area contributed by atoms with Crippen LogP contribution in [0.1, 0.15) is 41.8 Å². The number of hydrogen-bond acceptors (Lipinski definition) is 2. The molecule has 1 heterocycles. The average Bonchev–Trinajstić information content (AvgIpc) is 2.96. The molecule has 0 aliphatic carbocycles. The van der Waals surface area contributed by atoms with Gasteiger partial charge in [-0.05, 0) is 43.7 Å². The third kappa shape index (κ3) is 4.50. The third-order valence-electron chi connectivity index (χ3n) is 4.75. The largest absolute Gasteiger partial charge is 0.264 e. The zero-order valence-corrected chi connectivity index (χ0v) is 17.6. The van der Waals surface area contributed by atoms with E-state index >= 15 is 0 Å². The van der Waals surface area contributed by atoms with Gasteiger partial charge in [-0.15, -0.1) is 0 Å². The summed E-state index contributed by atoms with van der Waals surface area (Å²) in [5.74, 6) is 5.97. The fourth-order valence-corrected chi connectivity index (χ4v) is 3.18.